The molecule has 2 aromatic heterocycles. The normalized spacial score (nSPS) is 12.1. The molecule has 0 radical (unpaired) electrons. The Morgan fingerprint density at radius 3 is 2.56 bits per heavy atom. The van der Waals surface area contributed by atoms with E-state index in [4.69, 9.17) is 5.73 Å². The van der Waals surface area contributed by atoms with E-state index in [0.29, 0.717) is 5.82 Å². The molecule has 0 aliphatic rings. The predicted octanol–water partition coefficient (Wildman–Crippen LogP) is 2.23. The predicted molar refractivity (Wildman–Crippen MR) is 64.9 cm³/mol. The summed E-state index contributed by atoms with van der Waals surface area (Å²) < 4.78 is 0. The van der Waals surface area contributed by atoms with E-state index in [1.807, 2.05) is 18.2 Å². The summed E-state index contributed by atoms with van der Waals surface area (Å²) in [5.74, 6) is 0.530. The highest BCUT2D eigenvalue weighted by Crippen LogP contribution is 2.17. The van der Waals surface area contributed by atoms with Gasteiger partial charge in [0.2, 0.25) is 0 Å². The Balaban J connectivity index is 2.08. The average molecular weight is 214 g/mol. The molecule has 4 nitrogen and oxygen atoms in total. The monoisotopic (exact) mass is 214 g/mol. The van der Waals surface area contributed by atoms with Gasteiger partial charge < -0.3 is 11.1 Å². The molecular weight excluding hydrogens is 200 g/mol. The minimum atomic E-state index is 0.216. The van der Waals surface area contributed by atoms with Crippen LogP contribution >= 0.6 is 0 Å². The van der Waals surface area contributed by atoms with Crippen molar-refractivity contribution in [1.82, 2.24) is 9.97 Å². The lowest BCUT2D eigenvalue weighted by Gasteiger charge is -2.15. The number of rotatable bonds is 3. The van der Waals surface area contributed by atoms with Crippen molar-refractivity contribution in [2.24, 2.45) is 0 Å². The number of aromatic nitrogens is 2. The largest absolute Gasteiger partial charge is 0.384 e. The number of hydrogen-bond acceptors (Lipinski definition) is 4. The van der Waals surface area contributed by atoms with Crippen molar-refractivity contribution >= 4 is 11.5 Å². The lowest BCUT2D eigenvalue weighted by Crippen LogP contribution is -2.06. The van der Waals surface area contributed by atoms with Crippen LogP contribution in [0, 0.1) is 0 Å². The second-order valence-corrected chi connectivity index (χ2v) is 3.62. The molecule has 0 bridgehead atoms. The summed E-state index contributed by atoms with van der Waals surface area (Å²) in [4.78, 5) is 8.02. The first-order valence-electron chi connectivity index (χ1n) is 5.13. The summed E-state index contributed by atoms with van der Waals surface area (Å²) in [5.41, 5.74) is 7.67. The average Bonchev–Trinajstić information content (AvgIpc) is 2.33. The highest BCUT2D eigenvalue weighted by Gasteiger charge is 2.04. The van der Waals surface area contributed by atoms with Crippen LogP contribution in [-0.2, 0) is 0 Å². The van der Waals surface area contributed by atoms with Crippen LogP contribution in [0.25, 0.3) is 0 Å². The molecule has 0 saturated carbocycles. The first kappa shape index (κ1) is 10.4. The van der Waals surface area contributed by atoms with Crippen molar-refractivity contribution < 1.29 is 0 Å². The zero-order valence-corrected chi connectivity index (χ0v) is 9.09. The molecule has 2 aromatic rings. The zero-order chi connectivity index (χ0) is 11.4. The van der Waals surface area contributed by atoms with E-state index in [1.54, 1.807) is 24.7 Å². The SMILES string of the molecule is CC(Nc1ccc(N)nc1)c1ccncc1. The second kappa shape index (κ2) is 4.61. The Morgan fingerprint density at radius 2 is 1.94 bits per heavy atom. The number of nitrogens with zero attached hydrogens (tertiary/aromatic N) is 2. The van der Waals surface area contributed by atoms with Gasteiger partial charge in [-0.2, -0.15) is 0 Å². The maximum atomic E-state index is 5.52. The van der Waals surface area contributed by atoms with E-state index in [1.165, 1.54) is 5.56 Å². The van der Waals surface area contributed by atoms with Gasteiger partial charge in [0.05, 0.1) is 11.9 Å². The van der Waals surface area contributed by atoms with Gasteiger partial charge in [0.15, 0.2) is 0 Å². The molecule has 1 unspecified atom stereocenters. The molecule has 3 N–H and O–H groups in total. The molecule has 0 saturated heterocycles. The first-order valence-corrected chi connectivity index (χ1v) is 5.13. The minimum Gasteiger partial charge on any atom is -0.384 e. The van der Waals surface area contributed by atoms with Crippen molar-refractivity contribution in [2.45, 2.75) is 13.0 Å². The Hall–Kier alpha value is -2.10. The fraction of sp³-hybridized carbons (Fsp3) is 0.167. The van der Waals surface area contributed by atoms with Crippen molar-refractivity contribution in [2.75, 3.05) is 11.1 Å². The van der Waals surface area contributed by atoms with Crippen LogP contribution in [0.2, 0.25) is 0 Å². The van der Waals surface area contributed by atoms with Crippen LogP contribution in [0.4, 0.5) is 11.5 Å². The van der Waals surface area contributed by atoms with Gasteiger partial charge in [-0.3, -0.25) is 4.98 Å². The lowest BCUT2D eigenvalue weighted by atomic mass is 10.1. The topological polar surface area (TPSA) is 63.8 Å². The Bertz CT molecular complexity index is 438. The zero-order valence-electron chi connectivity index (χ0n) is 9.09. The van der Waals surface area contributed by atoms with Crippen LogP contribution in [0.1, 0.15) is 18.5 Å². The lowest BCUT2D eigenvalue weighted by molar-refractivity contribution is 0.879. The van der Waals surface area contributed by atoms with E-state index >= 15 is 0 Å². The fourth-order valence-corrected chi connectivity index (χ4v) is 1.48. The number of nitrogens with one attached hydrogen (secondary N) is 1. The second-order valence-electron chi connectivity index (χ2n) is 3.62. The van der Waals surface area contributed by atoms with Crippen LogP contribution < -0.4 is 11.1 Å². The van der Waals surface area contributed by atoms with Crippen LogP contribution in [0.3, 0.4) is 0 Å². The van der Waals surface area contributed by atoms with Gasteiger partial charge in [0.25, 0.3) is 0 Å². The number of hydrogen-bond donors (Lipinski definition) is 2. The summed E-state index contributed by atoms with van der Waals surface area (Å²) in [5, 5.41) is 3.34. The standard InChI is InChI=1S/C12H14N4/c1-9(10-4-6-14-7-5-10)16-11-2-3-12(13)15-8-11/h2-9,16H,1H3,(H2,13,15). The molecule has 0 spiro atoms. The molecule has 0 fully saturated rings. The van der Waals surface area contributed by atoms with Crippen LogP contribution in [-0.4, -0.2) is 9.97 Å². The van der Waals surface area contributed by atoms with Gasteiger partial charge in [0.1, 0.15) is 5.82 Å². The highest BCUT2D eigenvalue weighted by atomic mass is 14.9. The quantitative estimate of drug-likeness (QED) is 0.822. The molecule has 82 valence electrons. The van der Waals surface area contributed by atoms with Crippen molar-refractivity contribution in [3.63, 3.8) is 0 Å². The molecule has 0 aromatic carbocycles. The Morgan fingerprint density at radius 1 is 1.19 bits per heavy atom. The fourth-order valence-electron chi connectivity index (χ4n) is 1.48. The van der Waals surface area contributed by atoms with Crippen molar-refractivity contribution in [1.29, 1.82) is 0 Å². The Kier molecular flexibility index (Phi) is 3.00. The summed E-state index contributed by atoms with van der Waals surface area (Å²) in [6.45, 7) is 2.09. The molecule has 0 aliphatic carbocycles. The van der Waals surface area contributed by atoms with Gasteiger partial charge in [-0.25, -0.2) is 4.98 Å². The number of pyridine rings is 2. The van der Waals surface area contributed by atoms with Gasteiger partial charge in [0, 0.05) is 18.4 Å². The maximum Gasteiger partial charge on any atom is 0.123 e. The molecule has 2 heterocycles. The molecule has 16 heavy (non-hydrogen) atoms. The number of nitrogen functional groups attached to an aromatic ring is 1. The first-order chi connectivity index (χ1) is 7.75. The molecule has 0 aliphatic heterocycles. The summed E-state index contributed by atoms with van der Waals surface area (Å²) in [7, 11) is 0. The van der Waals surface area contributed by atoms with Crippen molar-refractivity contribution in [3.8, 4) is 0 Å². The molecule has 2 rings (SSSR count). The summed E-state index contributed by atoms with van der Waals surface area (Å²) in [6.07, 6.45) is 5.30. The van der Waals surface area contributed by atoms with E-state index in [2.05, 4.69) is 22.2 Å². The Labute approximate surface area is 94.5 Å². The molecule has 0 amide bonds. The minimum absolute atomic E-state index is 0.216. The third-order valence-corrected chi connectivity index (χ3v) is 2.38. The molecular formula is C12H14N4. The third-order valence-electron chi connectivity index (χ3n) is 2.38. The maximum absolute atomic E-state index is 5.52. The summed E-state index contributed by atoms with van der Waals surface area (Å²) >= 11 is 0. The van der Waals surface area contributed by atoms with Gasteiger partial charge in [-0.05, 0) is 36.8 Å². The van der Waals surface area contributed by atoms with E-state index in [0.717, 1.165) is 5.69 Å². The third kappa shape index (κ3) is 2.48. The van der Waals surface area contributed by atoms with E-state index in [9.17, 15) is 0 Å². The van der Waals surface area contributed by atoms with E-state index in [-0.39, 0.29) is 6.04 Å². The van der Waals surface area contributed by atoms with Gasteiger partial charge in [-0.15, -0.1) is 0 Å². The van der Waals surface area contributed by atoms with Crippen LogP contribution in [0.5, 0.6) is 0 Å². The van der Waals surface area contributed by atoms with E-state index < -0.39 is 0 Å². The van der Waals surface area contributed by atoms with Gasteiger partial charge in [-0.1, -0.05) is 0 Å². The van der Waals surface area contributed by atoms with Gasteiger partial charge >= 0.3 is 0 Å². The molecule has 1 atom stereocenters. The highest BCUT2D eigenvalue weighted by molar-refractivity contribution is 5.46. The smallest absolute Gasteiger partial charge is 0.123 e. The number of anilines is 2. The molecule has 4 heteroatoms. The van der Waals surface area contributed by atoms with Crippen molar-refractivity contribution in [3.05, 3.63) is 48.4 Å². The number of nitrogens with two attached hydrogens (primary N) is 1. The summed E-state index contributed by atoms with van der Waals surface area (Å²) in [6, 6.07) is 7.89. The van der Waals surface area contributed by atoms with Crippen LogP contribution in [0.15, 0.2) is 42.9 Å².